The number of aryl methyl sites for hydroxylation is 1. The third-order valence-electron chi connectivity index (χ3n) is 4.56. The van der Waals surface area contributed by atoms with Crippen molar-refractivity contribution in [2.75, 3.05) is 4.90 Å². The highest BCUT2D eigenvalue weighted by molar-refractivity contribution is 6.22. The molecule has 1 aromatic carbocycles. The molecule has 0 bridgehead atoms. The van der Waals surface area contributed by atoms with Crippen LogP contribution in [0.25, 0.3) is 0 Å². The Balaban J connectivity index is 2.00. The highest BCUT2D eigenvalue weighted by atomic mass is 16.3. The minimum absolute atomic E-state index is 0.0102. The van der Waals surface area contributed by atoms with Crippen LogP contribution in [0.2, 0.25) is 0 Å². The van der Waals surface area contributed by atoms with Gasteiger partial charge in [0.1, 0.15) is 5.75 Å². The molecule has 2 aliphatic rings. The van der Waals surface area contributed by atoms with Crippen LogP contribution in [0.15, 0.2) is 18.2 Å². The summed E-state index contributed by atoms with van der Waals surface area (Å²) in [5.74, 6) is -0.215. The van der Waals surface area contributed by atoms with E-state index in [1.54, 1.807) is 12.1 Å². The molecule has 0 aromatic heterocycles. The number of amides is 2. The first kappa shape index (κ1) is 13.2. The third-order valence-corrected chi connectivity index (χ3v) is 4.56. The van der Waals surface area contributed by atoms with Crippen molar-refractivity contribution in [1.82, 2.24) is 0 Å². The zero-order valence-electron chi connectivity index (χ0n) is 11.8. The Morgan fingerprint density at radius 2 is 1.85 bits per heavy atom. The lowest BCUT2D eigenvalue weighted by molar-refractivity contribution is -0.122. The maximum Gasteiger partial charge on any atom is 0.237 e. The van der Waals surface area contributed by atoms with E-state index in [0.29, 0.717) is 11.6 Å². The Bertz CT molecular complexity index is 581. The van der Waals surface area contributed by atoms with Gasteiger partial charge >= 0.3 is 0 Å². The normalized spacial score (nSPS) is 29.7. The van der Waals surface area contributed by atoms with E-state index in [9.17, 15) is 14.7 Å². The summed E-state index contributed by atoms with van der Waals surface area (Å²) < 4.78 is 0. The first-order chi connectivity index (χ1) is 9.49. The van der Waals surface area contributed by atoms with Gasteiger partial charge in [-0.25, -0.2) is 4.90 Å². The second-order valence-corrected chi connectivity index (χ2v) is 6.14. The smallest absolute Gasteiger partial charge is 0.237 e. The maximum atomic E-state index is 12.6. The van der Waals surface area contributed by atoms with Gasteiger partial charge in [0.25, 0.3) is 0 Å². The van der Waals surface area contributed by atoms with Gasteiger partial charge in [-0.2, -0.15) is 0 Å². The molecular formula is C16H19NO3. The SMILES string of the molecule is Cc1ccc(O)c(N2C(=O)C3CCC(C)CC3C2=O)c1. The summed E-state index contributed by atoms with van der Waals surface area (Å²) >= 11 is 0. The summed E-state index contributed by atoms with van der Waals surface area (Å²) in [5, 5.41) is 9.97. The van der Waals surface area contributed by atoms with Gasteiger partial charge in [-0.3, -0.25) is 9.59 Å². The number of hydrogen-bond acceptors (Lipinski definition) is 3. The van der Waals surface area contributed by atoms with Crippen LogP contribution in [0.4, 0.5) is 5.69 Å². The molecule has 3 unspecified atom stereocenters. The average molecular weight is 273 g/mol. The lowest BCUT2D eigenvalue weighted by atomic mass is 9.76. The van der Waals surface area contributed by atoms with E-state index in [0.717, 1.165) is 24.8 Å². The third kappa shape index (κ3) is 1.90. The van der Waals surface area contributed by atoms with Crippen LogP contribution in [0.3, 0.4) is 0 Å². The standard InChI is InChI=1S/C16H19NO3/c1-9-3-5-11-12(7-9)16(20)17(15(11)19)13-8-10(2)4-6-14(13)18/h4,6,8-9,11-12,18H,3,5,7H2,1-2H3. The molecule has 0 spiro atoms. The Labute approximate surface area is 118 Å². The largest absolute Gasteiger partial charge is 0.506 e. The van der Waals surface area contributed by atoms with E-state index in [1.165, 1.54) is 11.0 Å². The Morgan fingerprint density at radius 1 is 1.15 bits per heavy atom. The highest BCUT2D eigenvalue weighted by Gasteiger charge is 2.50. The first-order valence-corrected chi connectivity index (χ1v) is 7.16. The molecule has 1 saturated heterocycles. The lowest BCUT2D eigenvalue weighted by Gasteiger charge is -2.25. The van der Waals surface area contributed by atoms with Crippen molar-refractivity contribution in [2.45, 2.75) is 33.1 Å². The number of imide groups is 1. The minimum Gasteiger partial charge on any atom is -0.506 e. The molecule has 3 rings (SSSR count). The van der Waals surface area contributed by atoms with Gasteiger partial charge in [-0.15, -0.1) is 0 Å². The maximum absolute atomic E-state index is 12.6. The van der Waals surface area contributed by atoms with Crippen molar-refractivity contribution in [3.8, 4) is 5.75 Å². The second-order valence-electron chi connectivity index (χ2n) is 6.14. The number of benzene rings is 1. The second kappa shape index (κ2) is 4.62. The number of aromatic hydroxyl groups is 1. The number of fused-ring (bicyclic) bond motifs is 1. The van der Waals surface area contributed by atoms with Crippen LogP contribution in [0, 0.1) is 24.7 Å². The van der Waals surface area contributed by atoms with Crippen molar-refractivity contribution in [1.29, 1.82) is 0 Å². The Morgan fingerprint density at radius 3 is 2.60 bits per heavy atom. The number of phenols is 1. The average Bonchev–Trinajstić information content (AvgIpc) is 2.65. The van der Waals surface area contributed by atoms with Gasteiger partial charge in [0, 0.05) is 0 Å². The molecule has 20 heavy (non-hydrogen) atoms. The molecule has 4 nitrogen and oxygen atoms in total. The monoisotopic (exact) mass is 273 g/mol. The highest BCUT2D eigenvalue weighted by Crippen LogP contribution is 2.43. The molecule has 1 saturated carbocycles. The predicted octanol–water partition coefficient (Wildman–Crippen LogP) is 2.63. The molecular weight excluding hydrogens is 254 g/mol. The zero-order chi connectivity index (χ0) is 14.4. The van der Waals surface area contributed by atoms with Gasteiger partial charge in [-0.1, -0.05) is 13.0 Å². The summed E-state index contributed by atoms with van der Waals surface area (Å²) in [6.07, 6.45) is 2.55. The van der Waals surface area contributed by atoms with E-state index in [4.69, 9.17) is 0 Å². The fourth-order valence-electron chi connectivity index (χ4n) is 3.44. The van der Waals surface area contributed by atoms with Crippen molar-refractivity contribution >= 4 is 17.5 Å². The van der Waals surface area contributed by atoms with E-state index < -0.39 is 0 Å². The topological polar surface area (TPSA) is 57.6 Å². The van der Waals surface area contributed by atoms with Gasteiger partial charge in [0.2, 0.25) is 11.8 Å². The zero-order valence-corrected chi connectivity index (χ0v) is 11.8. The van der Waals surface area contributed by atoms with E-state index >= 15 is 0 Å². The fourth-order valence-corrected chi connectivity index (χ4v) is 3.44. The van der Waals surface area contributed by atoms with Gasteiger partial charge in [0.15, 0.2) is 0 Å². The molecule has 3 atom stereocenters. The molecule has 1 aliphatic carbocycles. The van der Waals surface area contributed by atoms with Crippen molar-refractivity contribution in [2.24, 2.45) is 17.8 Å². The van der Waals surface area contributed by atoms with Gasteiger partial charge in [-0.05, 0) is 49.8 Å². The quantitative estimate of drug-likeness (QED) is 0.800. The molecule has 1 aliphatic heterocycles. The Kier molecular flexibility index (Phi) is 3.04. The number of anilines is 1. The Hall–Kier alpha value is -1.84. The first-order valence-electron chi connectivity index (χ1n) is 7.16. The van der Waals surface area contributed by atoms with E-state index in [2.05, 4.69) is 6.92 Å². The molecule has 2 fully saturated rings. The minimum atomic E-state index is -0.203. The molecule has 1 heterocycles. The number of carbonyl (C=O) groups is 2. The van der Waals surface area contributed by atoms with Crippen molar-refractivity contribution < 1.29 is 14.7 Å². The molecule has 1 N–H and O–H groups in total. The van der Waals surface area contributed by atoms with Crippen molar-refractivity contribution in [3.05, 3.63) is 23.8 Å². The number of rotatable bonds is 1. The van der Waals surface area contributed by atoms with Crippen LogP contribution in [-0.4, -0.2) is 16.9 Å². The summed E-state index contributed by atoms with van der Waals surface area (Å²) in [4.78, 5) is 26.3. The number of hydrogen-bond donors (Lipinski definition) is 1. The molecule has 1 aromatic rings. The van der Waals surface area contributed by atoms with E-state index in [-0.39, 0.29) is 29.4 Å². The van der Waals surface area contributed by atoms with Crippen LogP contribution >= 0.6 is 0 Å². The van der Waals surface area contributed by atoms with Crippen LogP contribution < -0.4 is 4.90 Å². The molecule has 106 valence electrons. The van der Waals surface area contributed by atoms with Crippen LogP contribution in [0.5, 0.6) is 5.75 Å². The van der Waals surface area contributed by atoms with Crippen LogP contribution in [-0.2, 0) is 9.59 Å². The van der Waals surface area contributed by atoms with Crippen molar-refractivity contribution in [3.63, 3.8) is 0 Å². The summed E-state index contributed by atoms with van der Waals surface area (Å²) in [7, 11) is 0. The summed E-state index contributed by atoms with van der Waals surface area (Å²) in [6.45, 7) is 4.00. The molecule has 0 radical (unpaired) electrons. The lowest BCUT2D eigenvalue weighted by Crippen LogP contribution is -2.31. The van der Waals surface area contributed by atoms with E-state index in [1.807, 2.05) is 6.92 Å². The number of phenolic OH excluding ortho intramolecular Hbond substituents is 1. The number of carbonyl (C=O) groups excluding carboxylic acids is 2. The fraction of sp³-hybridized carbons (Fsp3) is 0.500. The van der Waals surface area contributed by atoms with Gasteiger partial charge < -0.3 is 5.11 Å². The molecule has 2 amide bonds. The number of nitrogens with zero attached hydrogens (tertiary/aromatic N) is 1. The van der Waals surface area contributed by atoms with Gasteiger partial charge in [0.05, 0.1) is 17.5 Å². The summed E-state index contributed by atoms with van der Waals surface area (Å²) in [6, 6.07) is 5.00. The summed E-state index contributed by atoms with van der Waals surface area (Å²) in [5.41, 5.74) is 1.25. The molecule has 4 heteroatoms. The predicted molar refractivity (Wildman–Crippen MR) is 75.3 cm³/mol. The van der Waals surface area contributed by atoms with Crippen LogP contribution in [0.1, 0.15) is 31.7 Å².